The Morgan fingerprint density at radius 1 is 1.62 bits per heavy atom. The molecule has 1 rings (SSSR count). The number of esters is 1. The second-order valence-electron chi connectivity index (χ2n) is 1.32. The maximum absolute atomic E-state index is 10.2. The van der Waals surface area contributed by atoms with Gasteiger partial charge in [-0.25, -0.2) is 4.79 Å². The summed E-state index contributed by atoms with van der Waals surface area (Å²) < 4.78 is 2.91. The third-order valence-corrected chi connectivity index (χ3v) is 1.06. The third-order valence-electron chi connectivity index (χ3n) is 0.650. The summed E-state index contributed by atoms with van der Waals surface area (Å²) in [4.78, 5) is 10.2. The number of halogens is 2. The van der Waals surface area contributed by atoms with Crippen molar-refractivity contribution >= 4 is 29.2 Å². The molecular formula is C4H2Cl2O2. The van der Waals surface area contributed by atoms with E-state index in [9.17, 15) is 4.79 Å². The van der Waals surface area contributed by atoms with Gasteiger partial charge in [0, 0.05) is 6.08 Å². The van der Waals surface area contributed by atoms with E-state index in [1.807, 2.05) is 0 Å². The van der Waals surface area contributed by atoms with Gasteiger partial charge in [0.1, 0.15) is 0 Å². The summed E-state index contributed by atoms with van der Waals surface area (Å²) in [6.45, 7) is 0. The lowest BCUT2D eigenvalue weighted by Crippen LogP contribution is -2.10. The number of ether oxygens (including phenoxy) is 1. The summed E-state index contributed by atoms with van der Waals surface area (Å²) in [5.74, 6) is -0.505. The third kappa shape index (κ3) is 1.14. The molecular weight excluding hydrogens is 151 g/mol. The summed E-state index contributed by atoms with van der Waals surface area (Å²) in [7, 11) is 0. The molecule has 8 heavy (non-hydrogen) atoms. The van der Waals surface area contributed by atoms with Crippen molar-refractivity contribution in [3.05, 3.63) is 12.2 Å². The molecule has 0 aromatic carbocycles. The van der Waals surface area contributed by atoms with E-state index in [0.717, 1.165) is 0 Å². The van der Waals surface area contributed by atoms with Gasteiger partial charge >= 0.3 is 5.97 Å². The molecule has 0 radical (unpaired) electrons. The van der Waals surface area contributed by atoms with E-state index in [2.05, 4.69) is 4.74 Å². The normalized spacial score (nSPS) is 23.5. The lowest BCUT2D eigenvalue weighted by Gasteiger charge is -2.06. The molecule has 2 nitrogen and oxygen atoms in total. The fourth-order valence-corrected chi connectivity index (χ4v) is 0.645. The Morgan fingerprint density at radius 2 is 2.25 bits per heavy atom. The van der Waals surface area contributed by atoms with Gasteiger partial charge in [-0.05, 0) is 6.08 Å². The number of hydrogen-bond acceptors (Lipinski definition) is 2. The molecule has 44 valence electrons. The van der Waals surface area contributed by atoms with Gasteiger partial charge in [0.25, 0.3) is 4.52 Å². The lowest BCUT2D eigenvalue weighted by molar-refractivity contribution is -0.137. The first-order chi connectivity index (χ1) is 3.60. The molecule has 0 saturated carbocycles. The second-order valence-corrected chi connectivity index (χ2v) is 2.63. The molecule has 1 heterocycles. The van der Waals surface area contributed by atoms with Crippen molar-refractivity contribution in [3.63, 3.8) is 0 Å². The predicted molar refractivity (Wildman–Crippen MR) is 29.7 cm³/mol. The molecule has 0 amide bonds. The number of carbonyl (C=O) groups excluding carboxylic acids is 1. The monoisotopic (exact) mass is 152 g/mol. The molecule has 0 aliphatic carbocycles. The zero-order chi connectivity index (χ0) is 6.20. The maximum atomic E-state index is 10.2. The molecule has 0 aromatic rings. The van der Waals surface area contributed by atoms with Crippen molar-refractivity contribution in [2.45, 2.75) is 4.52 Å². The van der Waals surface area contributed by atoms with Gasteiger partial charge in [-0.3, -0.25) is 0 Å². The van der Waals surface area contributed by atoms with Crippen LogP contribution in [0, 0.1) is 0 Å². The molecule has 0 unspecified atom stereocenters. The van der Waals surface area contributed by atoms with E-state index < -0.39 is 10.5 Å². The average Bonchev–Trinajstić information content (AvgIpc) is 1.82. The van der Waals surface area contributed by atoms with E-state index in [4.69, 9.17) is 23.2 Å². The van der Waals surface area contributed by atoms with E-state index in [1.165, 1.54) is 12.2 Å². The highest BCUT2D eigenvalue weighted by Crippen LogP contribution is 2.28. The van der Waals surface area contributed by atoms with Gasteiger partial charge in [0.15, 0.2) is 0 Å². The Morgan fingerprint density at radius 3 is 2.38 bits per heavy atom. The van der Waals surface area contributed by atoms with E-state index in [-0.39, 0.29) is 0 Å². The van der Waals surface area contributed by atoms with Gasteiger partial charge in [-0.1, -0.05) is 23.2 Å². The molecule has 0 aromatic heterocycles. The van der Waals surface area contributed by atoms with Crippen molar-refractivity contribution in [3.8, 4) is 0 Å². The molecule has 0 saturated heterocycles. The van der Waals surface area contributed by atoms with E-state index in [0.29, 0.717) is 0 Å². The maximum Gasteiger partial charge on any atom is 0.333 e. The molecule has 4 heteroatoms. The van der Waals surface area contributed by atoms with Crippen molar-refractivity contribution in [1.82, 2.24) is 0 Å². The Bertz CT molecular complexity index is 150. The molecule has 0 N–H and O–H groups in total. The molecule has 0 fully saturated rings. The van der Waals surface area contributed by atoms with Gasteiger partial charge in [0.05, 0.1) is 0 Å². The van der Waals surface area contributed by atoms with Gasteiger partial charge in [0.2, 0.25) is 0 Å². The van der Waals surface area contributed by atoms with Gasteiger partial charge in [-0.2, -0.15) is 0 Å². The summed E-state index contributed by atoms with van der Waals surface area (Å²) in [6.07, 6.45) is 2.46. The molecule has 1 aliphatic heterocycles. The van der Waals surface area contributed by atoms with E-state index in [1.54, 1.807) is 0 Å². The fourth-order valence-electron chi connectivity index (χ4n) is 0.367. The van der Waals surface area contributed by atoms with E-state index >= 15 is 0 Å². The standard InChI is InChI=1S/C4H2Cl2O2/c5-4(6)2-1-3(7)8-4/h1-2H. The summed E-state index contributed by atoms with van der Waals surface area (Å²) in [6, 6.07) is 0. The molecule has 1 aliphatic rings. The summed E-state index contributed by atoms with van der Waals surface area (Å²) >= 11 is 10.6. The van der Waals surface area contributed by atoms with Crippen LogP contribution in [0.4, 0.5) is 0 Å². The first-order valence-corrected chi connectivity index (χ1v) is 2.66. The largest absolute Gasteiger partial charge is 0.422 e. The first kappa shape index (κ1) is 5.92. The minimum absolute atomic E-state index is 0.505. The Kier molecular flexibility index (Phi) is 1.21. The van der Waals surface area contributed by atoms with Crippen LogP contribution >= 0.6 is 23.2 Å². The molecule has 0 spiro atoms. The number of cyclic esters (lactones) is 1. The minimum atomic E-state index is -1.42. The topological polar surface area (TPSA) is 26.3 Å². The molecule has 0 bridgehead atoms. The number of carbonyl (C=O) groups is 1. The summed E-state index contributed by atoms with van der Waals surface area (Å²) in [5.41, 5.74) is 0. The van der Waals surface area contributed by atoms with Crippen LogP contribution in [-0.2, 0) is 9.53 Å². The van der Waals surface area contributed by atoms with Crippen LogP contribution in [0.2, 0.25) is 0 Å². The van der Waals surface area contributed by atoms with Crippen molar-refractivity contribution in [1.29, 1.82) is 0 Å². The van der Waals surface area contributed by atoms with Crippen LogP contribution < -0.4 is 0 Å². The Labute approximate surface area is 56.0 Å². The van der Waals surface area contributed by atoms with Crippen LogP contribution in [-0.4, -0.2) is 10.5 Å². The minimum Gasteiger partial charge on any atom is -0.422 e. The predicted octanol–water partition coefficient (Wildman–Crippen LogP) is 1.23. The highest BCUT2D eigenvalue weighted by molar-refractivity contribution is 6.49. The van der Waals surface area contributed by atoms with Crippen LogP contribution in [0.3, 0.4) is 0 Å². The zero-order valence-electron chi connectivity index (χ0n) is 3.73. The zero-order valence-corrected chi connectivity index (χ0v) is 5.24. The van der Waals surface area contributed by atoms with Gasteiger partial charge < -0.3 is 4.74 Å². The second kappa shape index (κ2) is 1.64. The Balaban J connectivity index is 2.72. The number of alkyl halides is 2. The fraction of sp³-hybridized carbons (Fsp3) is 0.250. The first-order valence-electron chi connectivity index (χ1n) is 1.90. The SMILES string of the molecule is O=C1C=CC(Cl)(Cl)O1. The summed E-state index contributed by atoms with van der Waals surface area (Å²) in [5, 5.41) is 0. The van der Waals surface area contributed by atoms with Crippen molar-refractivity contribution in [2.24, 2.45) is 0 Å². The van der Waals surface area contributed by atoms with Crippen LogP contribution in [0.25, 0.3) is 0 Å². The van der Waals surface area contributed by atoms with Crippen LogP contribution in [0.15, 0.2) is 12.2 Å². The quantitative estimate of drug-likeness (QED) is 0.386. The molecule has 0 atom stereocenters. The van der Waals surface area contributed by atoms with Crippen LogP contribution in [0.1, 0.15) is 0 Å². The Hall–Kier alpha value is -0.210. The average molecular weight is 153 g/mol. The smallest absolute Gasteiger partial charge is 0.333 e. The van der Waals surface area contributed by atoms with Crippen molar-refractivity contribution < 1.29 is 9.53 Å². The highest BCUT2D eigenvalue weighted by atomic mass is 35.5. The van der Waals surface area contributed by atoms with Gasteiger partial charge in [-0.15, -0.1) is 0 Å². The highest BCUT2D eigenvalue weighted by Gasteiger charge is 2.29. The van der Waals surface area contributed by atoms with Crippen molar-refractivity contribution in [2.75, 3.05) is 0 Å². The number of rotatable bonds is 0. The number of hydrogen-bond donors (Lipinski definition) is 0. The van der Waals surface area contributed by atoms with Crippen LogP contribution in [0.5, 0.6) is 0 Å². The lowest BCUT2D eigenvalue weighted by atomic mass is 10.6.